The van der Waals surface area contributed by atoms with Gasteiger partial charge in [-0.15, -0.1) is 0 Å². The topological polar surface area (TPSA) is 75.3 Å². The molecule has 0 unspecified atom stereocenters. The number of carbonyl (C=O) groups excluding carboxylic acids is 1. The van der Waals surface area contributed by atoms with Gasteiger partial charge in [0.05, 0.1) is 5.75 Å². The predicted octanol–water partition coefficient (Wildman–Crippen LogP) is 0.663. The van der Waals surface area contributed by atoms with Crippen LogP contribution in [0.4, 0.5) is 4.79 Å². The summed E-state index contributed by atoms with van der Waals surface area (Å²) in [4.78, 5) is 11.4. The molecule has 0 saturated heterocycles. The first-order valence-electron chi connectivity index (χ1n) is 5.69. The number of sulfone groups is 1. The Kier molecular flexibility index (Phi) is 5.05. The van der Waals surface area contributed by atoms with Crippen LogP contribution >= 0.6 is 0 Å². The fourth-order valence-electron chi connectivity index (χ4n) is 1.84. The lowest BCUT2D eigenvalue weighted by molar-refractivity contribution is 0.237. The first-order valence-corrected chi connectivity index (χ1v) is 7.75. The van der Waals surface area contributed by atoms with Crippen LogP contribution in [-0.4, -0.2) is 39.0 Å². The highest BCUT2D eigenvalue weighted by atomic mass is 32.2. The molecule has 2 N–H and O–H groups in total. The molecule has 0 aromatic heterocycles. The molecule has 1 aliphatic carbocycles. The van der Waals surface area contributed by atoms with Gasteiger partial charge in [-0.05, 0) is 19.3 Å². The van der Waals surface area contributed by atoms with Crippen LogP contribution < -0.4 is 10.6 Å². The Morgan fingerprint density at radius 1 is 1.31 bits per heavy atom. The minimum Gasteiger partial charge on any atom is -0.338 e. The molecule has 0 aromatic rings. The Morgan fingerprint density at radius 3 is 2.50 bits per heavy atom. The van der Waals surface area contributed by atoms with Crippen molar-refractivity contribution in [3.05, 3.63) is 0 Å². The fourth-order valence-corrected chi connectivity index (χ4v) is 2.51. The van der Waals surface area contributed by atoms with Gasteiger partial charge in [0.1, 0.15) is 9.84 Å². The summed E-state index contributed by atoms with van der Waals surface area (Å²) in [5.74, 6) is 0.122. The van der Waals surface area contributed by atoms with Crippen molar-refractivity contribution < 1.29 is 13.2 Å². The average molecular weight is 248 g/mol. The van der Waals surface area contributed by atoms with Crippen LogP contribution in [0.5, 0.6) is 0 Å². The maximum absolute atomic E-state index is 11.4. The standard InChI is InChI=1S/C10H20N2O3S/c1-16(14,15)8-4-7-11-10(13)12-9-5-2-3-6-9/h9H,2-8H2,1H3,(H2,11,12,13). The van der Waals surface area contributed by atoms with Crippen molar-refractivity contribution in [1.29, 1.82) is 0 Å². The molecule has 0 radical (unpaired) electrons. The molecule has 6 heteroatoms. The first kappa shape index (κ1) is 13.3. The molecule has 0 aromatic carbocycles. The van der Waals surface area contributed by atoms with Crippen molar-refractivity contribution in [1.82, 2.24) is 10.6 Å². The Hall–Kier alpha value is -0.780. The van der Waals surface area contributed by atoms with E-state index in [2.05, 4.69) is 10.6 Å². The Morgan fingerprint density at radius 2 is 1.94 bits per heavy atom. The monoisotopic (exact) mass is 248 g/mol. The SMILES string of the molecule is CS(=O)(=O)CCCNC(=O)NC1CCCC1. The summed E-state index contributed by atoms with van der Waals surface area (Å²) in [7, 11) is -2.92. The van der Waals surface area contributed by atoms with Gasteiger partial charge < -0.3 is 10.6 Å². The average Bonchev–Trinajstić information content (AvgIpc) is 2.63. The zero-order valence-corrected chi connectivity index (χ0v) is 10.5. The second kappa shape index (κ2) is 6.08. The van der Waals surface area contributed by atoms with Gasteiger partial charge in [0, 0.05) is 18.8 Å². The Bertz CT molecular complexity index is 321. The van der Waals surface area contributed by atoms with E-state index in [0.717, 1.165) is 12.8 Å². The third-order valence-electron chi connectivity index (χ3n) is 2.67. The van der Waals surface area contributed by atoms with Gasteiger partial charge in [-0.25, -0.2) is 13.2 Å². The number of nitrogens with one attached hydrogen (secondary N) is 2. The predicted molar refractivity (Wildman–Crippen MR) is 63.1 cm³/mol. The third-order valence-corrected chi connectivity index (χ3v) is 3.70. The summed E-state index contributed by atoms with van der Waals surface area (Å²) in [6.45, 7) is 0.408. The Balaban J connectivity index is 2.06. The summed E-state index contributed by atoms with van der Waals surface area (Å²) in [5.41, 5.74) is 0. The highest BCUT2D eigenvalue weighted by molar-refractivity contribution is 7.90. The molecule has 2 amide bonds. The number of amides is 2. The lowest BCUT2D eigenvalue weighted by atomic mass is 10.2. The molecule has 1 aliphatic rings. The molecule has 0 atom stereocenters. The maximum Gasteiger partial charge on any atom is 0.315 e. The third kappa shape index (κ3) is 5.95. The molecule has 0 aliphatic heterocycles. The number of rotatable bonds is 5. The number of hydrogen-bond acceptors (Lipinski definition) is 3. The van der Waals surface area contributed by atoms with Crippen LogP contribution in [0, 0.1) is 0 Å². The van der Waals surface area contributed by atoms with Crippen LogP contribution in [0.15, 0.2) is 0 Å². The molecule has 0 heterocycles. The second-order valence-electron chi connectivity index (χ2n) is 4.37. The number of hydrogen-bond donors (Lipinski definition) is 2. The number of carbonyl (C=O) groups is 1. The van der Waals surface area contributed by atoms with Crippen LogP contribution in [0.1, 0.15) is 32.1 Å². The molecule has 0 spiro atoms. The van der Waals surface area contributed by atoms with Crippen LogP contribution in [0.3, 0.4) is 0 Å². The fraction of sp³-hybridized carbons (Fsp3) is 0.900. The van der Waals surface area contributed by atoms with E-state index in [1.807, 2.05) is 0 Å². The maximum atomic E-state index is 11.4. The molecular weight excluding hydrogens is 228 g/mol. The largest absolute Gasteiger partial charge is 0.338 e. The van der Waals surface area contributed by atoms with E-state index in [9.17, 15) is 13.2 Å². The van der Waals surface area contributed by atoms with Crippen LogP contribution in [0.25, 0.3) is 0 Å². The zero-order valence-electron chi connectivity index (χ0n) is 9.66. The molecule has 1 rings (SSSR count). The van der Waals surface area contributed by atoms with E-state index in [1.165, 1.54) is 19.1 Å². The van der Waals surface area contributed by atoms with Crippen LogP contribution in [0.2, 0.25) is 0 Å². The summed E-state index contributed by atoms with van der Waals surface area (Å²) in [6, 6.07) is 0.121. The van der Waals surface area contributed by atoms with Gasteiger partial charge in [0.15, 0.2) is 0 Å². The molecule has 0 bridgehead atoms. The lowest BCUT2D eigenvalue weighted by Crippen LogP contribution is -2.41. The molecule has 16 heavy (non-hydrogen) atoms. The highest BCUT2D eigenvalue weighted by Crippen LogP contribution is 2.17. The van der Waals surface area contributed by atoms with Crippen molar-refractivity contribution in [2.24, 2.45) is 0 Å². The zero-order chi connectivity index (χ0) is 12.0. The van der Waals surface area contributed by atoms with Gasteiger partial charge in [0.2, 0.25) is 0 Å². The van der Waals surface area contributed by atoms with Gasteiger partial charge in [-0.2, -0.15) is 0 Å². The van der Waals surface area contributed by atoms with Crippen molar-refractivity contribution in [2.45, 2.75) is 38.1 Å². The van der Waals surface area contributed by atoms with Crippen molar-refractivity contribution >= 4 is 15.9 Å². The first-order chi connectivity index (χ1) is 7.47. The minimum absolute atomic E-state index is 0.122. The smallest absolute Gasteiger partial charge is 0.315 e. The highest BCUT2D eigenvalue weighted by Gasteiger charge is 2.16. The molecule has 94 valence electrons. The van der Waals surface area contributed by atoms with Gasteiger partial charge >= 0.3 is 6.03 Å². The van der Waals surface area contributed by atoms with E-state index in [-0.39, 0.29) is 11.8 Å². The summed E-state index contributed by atoms with van der Waals surface area (Å²) >= 11 is 0. The van der Waals surface area contributed by atoms with Gasteiger partial charge in [-0.1, -0.05) is 12.8 Å². The van der Waals surface area contributed by atoms with E-state index in [1.54, 1.807) is 0 Å². The minimum atomic E-state index is -2.92. The van der Waals surface area contributed by atoms with Crippen molar-refractivity contribution in [3.8, 4) is 0 Å². The van der Waals surface area contributed by atoms with Gasteiger partial charge in [0.25, 0.3) is 0 Å². The van der Waals surface area contributed by atoms with Crippen molar-refractivity contribution in [3.63, 3.8) is 0 Å². The Labute approximate surface area is 96.9 Å². The summed E-state index contributed by atoms with van der Waals surface area (Å²) in [6.07, 6.45) is 6.13. The molecule has 1 saturated carbocycles. The number of urea groups is 1. The van der Waals surface area contributed by atoms with E-state index in [4.69, 9.17) is 0 Å². The molecule has 5 nitrogen and oxygen atoms in total. The van der Waals surface area contributed by atoms with Gasteiger partial charge in [-0.3, -0.25) is 0 Å². The van der Waals surface area contributed by atoms with E-state index < -0.39 is 9.84 Å². The normalized spacial score (nSPS) is 17.3. The summed E-state index contributed by atoms with van der Waals surface area (Å²) in [5, 5.41) is 5.54. The summed E-state index contributed by atoms with van der Waals surface area (Å²) < 4.78 is 21.7. The van der Waals surface area contributed by atoms with E-state index in [0.29, 0.717) is 19.0 Å². The molecule has 1 fully saturated rings. The lowest BCUT2D eigenvalue weighted by Gasteiger charge is -2.12. The van der Waals surface area contributed by atoms with Crippen LogP contribution in [-0.2, 0) is 9.84 Å². The van der Waals surface area contributed by atoms with E-state index >= 15 is 0 Å². The second-order valence-corrected chi connectivity index (χ2v) is 6.62. The molecular formula is C10H20N2O3S. The van der Waals surface area contributed by atoms with Crippen molar-refractivity contribution in [2.75, 3.05) is 18.6 Å². The quantitative estimate of drug-likeness (QED) is 0.702.